The first-order valence-electron chi connectivity index (χ1n) is 10.6. The summed E-state index contributed by atoms with van der Waals surface area (Å²) in [6, 6.07) is 10.1. The average molecular weight is 430 g/mol. The summed E-state index contributed by atoms with van der Waals surface area (Å²) < 4.78 is 39.5. The van der Waals surface area contributed by atoms with Gasteiger partial charge in [-0.1, -0.05) is 6.07 Å². The number of fused-ring (bicyclic) bond motifs is 1. The summed E-state index contributed by atoms with van der Waals surface area (Å²) in [5.41, 5.74) is 2.29. The monoisotopic (exact) mass is 430 g/mol. The van der Waals surface area contributed by atoms with Crippen LogP contribution in [0.25, 0.3) is 0 Å². The van der Waals surface area contributed by atoms with Crippen LogP contribution in [0.5, 0.6) is 28.7 Å². The van der Waals surface area contributed by atoms with Crippen LogP contribution in [0.2, 0.25) is 0 Å². The zero-order valence-electron chi connectivity index (χ0n) is 18.5. The van der Waals surface area contributed by atoms with Crippen molar-refractivity contribution < 1.29 is 33.2 Å². The highest BCUT2D eigenvalue weighted by molar-refractivity contribution is 5.54. The van der Waals surface area contributed by atoms with Gasteiger partial charge in [-0.2, -0.15) is 0 Å². The van der Waals surface area contributed by atoms with E-state index in [-0.39, 0.29) is 19.0 Å². The Balaban J connectivity index is 1.57. The quantitative estimate of drug-likeness (QED) is 0.599. The van der Waals surface area contributed by atoms with E-state index in [0.29, 0.717) is 36.4 Å². The third-order valence-electron chi connectivity index (χ3n) is 5.89. The smallest absolute Gasteiger partial charge is 0.231 e. The van der Waals surface area contributed by atoms with E-state index >= 15 is 0 Å². The minimum absolute atomic E-state index is 0.188. The van der Waals surface area contributed by atoms with Gasteiger partial charge in [0.25, 0.3) is 0 Å². The number of hydrogen-bond acceptors (Lipinski definition) is 7. The number of ether oxygens (including phenoxy) is 7. The van der Waals surface area contributed by atoms with E-state index in [0.717, 1.165) is 29.9 Å². The molecule has 0 bridgehead atoms. The molecule has 2 aliphatic rings. The molecule has 168 valence electrons. The van der Waals surface area contributed by atoms with Crippen molar-refractivity contribution in [3.05, 3.63) is 41.5 Å². The third-order valence-corrected chi connectivity index (χ3v) is 5.89. The van der Waals surface area contributed by atoms with E-state index in [9.17, 15) is 0 Å². The molecule has 0 radical (unpaired) electrons. The molecule has 0 spiro atoms. The molecule has 0 aliphatic carbocycles. The molecule has 0 aromatic heterocycles. The van der Waals surface area contributed by atoms with Crippen LogP contribution in [0.15, 0.2) is 30.3 Å². The maximum Gasteiger partial charge on any atom is 0.231 e. The van der Waals surface area contributed by atoms with Gasteiger partial charge in [-0.25, -0.2) is 0 Å². The Morgan fingerprint density at radius 3 is 2.29 bits per heavy atom. The highest BCUT2D eigenvalue weighted by Gasteiger charge is 2.38. The molecule has 2 aromatic rings. The third kappa shape index (κ3) is 4.52. The zero-order chi connectivity index (χ0) is 21.8. The molecule has 7 heteroatoms. The van der Waals surface area contributed by atoms with Gasteiger partial charge in [0, 0.05) is 12.5 Å². The molecular weight excluding hydrogens is 400 g/mol. The summed E-state index contributed by atoms with van der Waals surface area (Å²) >= 11 is 0. The highest BCUT2D eigenvalue weighted by Crippen LogP contribution is 2.41. The van der Waals surface area contributed by atoms with Crippen LogP contribution >= 0.6 is 0 Å². The van der Waals surface area contributed by atoms with Gasteiger partial charge >= 0.3 is 0 Å². The zero-order valence-corrected chi connectivity index (χ0v) is 18.5. The lowest BCUT2D eigenvalue weighted by Crippen LogP contribution is -2.26. The number of rotatable bonds is 9. The van der Waals surface area contributed by atoms with Gasteiger partial charge in [0.2, 0.25) is 12.5 Å². The van der Waals surface area contributed by atoms with E-state index in [4.69, 9.17) is 33.2 Å². The average Bonchev–Trinajstić information content (AvgIpc) is 3.40. The van der Waals surface area contributed by atoms with E-state index < -0.39 is 0 Å². The minimum Gasteiger partial charge on any atom is -0.493 e. The number of hydrogen-bond donors (Lipinski definition) is 0. The van der Waals surface area contributed by atoms with E-state index in [1.54, 1.807) is 21.3 Å². The van der Waals surface area contributed by atoms with Gasteiger partial charge in [0.05, 0.1) is 27.9 Å². The van der Waals surface area contributed by atoms with Crippen molar-refractivity contribution in [1.82, 2.24) is 0 Å². The summed E-state index contributed by atoms with van der Waals surface area (Å²) in [5, 5.41) is 0. The highest BCUT2D eigenvalue weighted by atomic mass is 16.7. The summed E-state index contributed by atoms with van der Waals surface area (Å²) in [4.78, 5) is 0. The summed E-state index contributed by atoms with van der Waals surface area (Å²) in [5.74, 6) is 3.98. The summed E-state index contributed by atoms with van der Waals surface area (Å²) in [7, 11) is 4.87. The van der Waals surface area contributed by atoms with E-state index in [2.05, 4.69) is 12.1 Å². The predicted octanol–water partition coefficient (Wildman–Crippen LogP) is 3.85. The second kappa shape index (κ2) is 9.66. The Morgan fingerprint density at radius 2 is 1.61 bits per heavy atom. The Kier molecular flexibility index (Phi) is 6.73. The lowest BCUT2D eigenvalue weighted by Gasteiger charge is -2.24. The maximum absolute atomic E-state index is 6.05. The fourth-order valence-electron chi connectivity index (χ4n) is 4.39. The molecule has 0 unspecified atom stereocenters. The van der Waals surface area contributed by atoms with Crippen molar-refractivity contribution in [1.29, 1.82) is 0 Å². The summed E-state index contributed by atoms with van der Waals surface area (Å²) in [6.45, 7) is 3.52. The molecule has 1 fully saturated rings. The second-order valence-corrected chi connectivity index (χ2v) is 7.71. The molecule has 2 heterocycles. The fourth-order valence-corrected chi connectivity index (χ4v) is 4.39. The van der Waals surface area contributed by atoms with Crippen molar-refractivity contribution >= 4 is 0 Å². The van der Waals surface area contributed by atoms with E-state index in [1.807, 2.05) is 25.1 Å². The predicted molar refractivity (Wildman–Crippen MR) is 114 cm³/mol. The summed E-state index contributed by atoms with van der Waals surface area (Å²) in [6.07, 6.45) is 1.40. The largest absolute Gasteiger partial charge is 0.493 e. The number of methoxy groups -OCH3 is 3. The van der Waals surface area contributed by atoms with Crippen LogP contribution in [-0.2, 0) is 22.3 Å². The van der Waals surface area contributed by atoms with E-state index in [1.165, 1.54) is 5.56 Å². The fraction of sp³-hybridized carbons (Fsp3) is 0.500. The second-order valence-electron chi connectivity index (χ2n) is 7.71. The van der Waals surface area contributed by atoms with Crippen LogP contribution in [0.3, 0.4) is 0 Å². The molecule has 0 saturated carbocycles. The molecular formula is C24H30O7. The number of benzene rings is 2. The first-order chi connectivity index (χ1) is 15.2. The van der Waals surface area contributed by atoms with Crippen molar-refractivity contribution in [2.45, 2.75) is 26.1 Å². The first-order valence-corrected chi connectivity index (χ1v) is 10.6. The van der Waals surface area contributed by atoms with Crippen LogP contribution in [0.1, 0.15) is 18.1 Å². The normalized spacial score (nSPS) is 21.9. The molecule has 0 amide bonds. The van der Waals surface area contributed by atoms with Crippen molar-refractivity contribution in [2.75, 3.05) is 41.3 Å². The molecule has 2 aromatic carbocycles. The van der Waals surface area contributed by atoms with Gasteiger partial charge in [-0.3, -0.25) is 0 Å². The standard InChI is InChI=1S/C24H30O7/c1-5-28-24-18(9-16-11-21(25-2)23(27-4)22(12-16)26-3)17(13-29-24)8-15-6-7-19-20(10-15)31-14-30-19/h6-7,10-12,17-18,24H,5,8-9,13-14H2,1-4H3/t17-,18+,24-/m0/s1. The molecule has 3 atom stereocenters. The van der Waals surface area contributed by atoms with Crippen LogP contribution in [0, 0.1) is 11.8 Å². The van der Waals surface area contributed by atoms with Crippen molar-refractivity contribution in [3.63, 3.8) is 0 Å². The van der Waals surface area contributed by atoms with Gasteiger partial charge in [0.15, 0.2) is 29.3 Å². The van der Waals surface area contributed by atoms with Crippen molar-refractivity contribution in [3.8, 4) is 28.7 Å². The van der Waals surface area contributed by atoms with Crippen LogP contribution in [0.4, 0.5) is 0 Å². The Hall–Kier alpha value is -2.64. The molecule has 31 heavy (non-hydrogen) atoms. The first kappa shape index (κ1) is 21.6. The van der Waals surface area contributed by atoms with Crippen LogP contribution in [-0.4, -0.2) is 47.6 Å². The molecule has 0 N–H and O–H groups in total. The minimum atomic E-state index is -0.247. The van der Waals surface area contributed by atoms with Crippen molar-refractivity contribution in [2.24, 2.45) is 11.8 Å². The molecule has 7 nitrogen and oxygen atoms in total. The lowest BCUT2D eigenvalue weighted by atomic mass is 9.84. The topological polar surface area (TPSA) is 64.6 Å². The molecule has 1 saturated heterocycles. The SMILES string of the molecule is CCO[C@H]1OC[C@H](Cc2ccc3c(c2)OCO3)[C@H]1Cc1cc(OC)c(OC)c(OC)c1. The van der Waals surface area contributed by atoms with Gasteiger partial charge < -0.3 is 33.2 Å². The lowest BCUT2D eigenvalue weighted by molar-refractivity contribution is -0.127. The Morgan fingerprint density at radius 1 is 0.871 bits per heavy atom. The molecule has 2 aliphatic heterocycles. The Bertz CT molecular complexity index is 872. The Labute approximate surface area is 183 Å². The van der Waals surface area contributed by atoms with Gasteiger partial charge in [-0.15, -0.1) is 0 Å². The van der Waals surface area contributed by atoms with Gasteiger partial charge in [-0.05, 0) is 61.1 Å². The maximum atomic E-state index is 6.05. The van der Waals surface area contributed by atoms with Gasteiger partial charge in [0.1, 0.15) is 0 Å². The van der Waals surface area contributed by atoms with Crippen LogP contribution < -0.4 is 23.7 Å². The molecule has 4 rings (SSSR count).